The van der Waals surface area contributed by atoms with E-state index < -0.39 is 0 Å². The number of hydrogen-bond acceptors (Lipinski definition) is 5. The van der Waals surface area contributed by atoms with Crippen LogP contribution in [-0.4, -0.2) is 57.8 Å². The Hall–Kier alpha value is -1.95. The predicted octanol–water partition coefficient (Wildman–Crippen LogP) is 1.83. The normalized spacial score (nSPS) is 18.6. The Morgan fingerprint density at radius 2 is 1.79 bits per heavy atom. The molecule has 2 aliphatic rings. The van der Waals surface area contributed by atoms with Crippen LogP contribution in [0.15, 0.2) is 18.5 Å². The lowest BCUT2D eigenvalue weighted by atomic mass is 9.95. The highest BCUT2D eigenvalue weighted by Crippen LogP contribution is 2.23. The third-order valence-electron chi connectivity index (χ3n) is 5.24. The van der Waals surface area contributed by atoms with Crippen molar-refractivity contribution in [3.05, 3.63) is 35.4 Å². The molecule has 1 saturated heterocycles. The highest BCUT2D eigenvalue weighted by molar-refractivity contribution is 5.29. The van der Waals surface area contributed by atoms with Gasteiger partial charge in [0.05, 0.1) is 5.69 Å². The maximum absolute atomic E-state index is 4.56. The summed E-state index contributed by atoms with van der Waals surface area (Å²) in [5.41, 5.74) is 4.24. The maximum Gasteiger partial charge on any atom is 0.225 e. The zero-order valence-electron chi connectivity index (χ0n) is 14.2. The first-order chi connectivity index (χ1) is 11.9. The van der Waals surface area contributed by atoms with E-state index in [0.717, 1.165) is 45.1 Å². The van der Waals surface area contributed by atoms with E-state index in [1.807, 2.05) is 18.5 Å². The molecule has 6 heteroatoms. The fourth-order valence-electron chi connectivity index (χ4n) is 3.85. The van der Waals surface area contributed by atoms with Gasteiger partial charge >= 0.3 is 0 Å². The Bertz CT molecular complexity index is 645. The molecule has 0 bridgehead atoms. The molecule has 6 nitrogen and oxygen atoms in total. The monoisotopic (exact) mass is 326 g/mol. The van der Waals surface area contributed by atoms with E-state index >= 15 is 0 Å². The second-order valence-electron chi connectivity index (χ2n) is 6.82. The molecule has 4 rings (SSSR count). The molecule has 1 N–H and O–H groups in total. The van der Waals surface area contributed by atoms with Crippen LogP contribution in [0.3, 0.4) is 0 Å². The topological polar surface area (TPSA) is 60.9 Å². The molecular formula is C18H26N6. The standard InChI is InChI=1S/C18H26N6/c1-2-6-16-15(5-1)17(22-21-16)7-3-10-23-11-13-24(14-12-23)18-19-8-4-9-20-18/h4,8-9H,1-3,5-7,10-14H2,(H,21,22). The van der Waals surface area contributed by atoms with Crippen molar-refractivity contribution in [1.82, 2.24) is 25.1 Å². The molecule has 0 spiro atoms. The van der Waals surface area contributed by atoms with Crippen molar-refractivity contribution in [3.8, 4) is 0 Å². The Kier molecular flexibility index (Phi) is 4.74. The molecule has 2 aromatic heterocycles. The molecule has 1 fully saturated rings. The zero-order valence-corrected chi connectivity index (χ0v) is 14.2. The van der Waals surface area contributed by atoms with Crippen molar-refractivity contribution in [2.45, 2.75) is 38.5 Å². The van der Waals surface area contributed by atoms with E-state index in [-0.39, 0.29) is 0 Å². The third-order valence-corrected chi connectivity index (χ3v) is 5.24. The lowest BCUT2D eigenvalue weighted by Crippen LogP contribution is -2.47. The van der Waals surface area contributed by atoms with Gasteiger partial charge in [-0.25, -0.2) is 9.97 Å². The summed E-state index contributed by atoms with van der Waals surface area (Å²) in [7, 11) is 0. The van der Waals surface area contributed by atoms with Gasteiger partial charge in [0.1, 0.15) is 0 Å². The van der Waals surface area contributed by atoms with Crippen molar-refractivity contribution in [2.75, 3.05) is 37.6 Å². The van der Waals surface area contributed by atoms with Gasteiger partial charge in [0.15, 0.2) is 0 Å². The summed E-state index contributed by atoms with van der Waals surface area (Å²) in [5.74, 6) is 0.861. The first kappa shape index (κ1) is 15.6. The van der Waals surface area contributed by atoms with E-state index in [9.17, 15) is 0 Å². The van der Waals surface area contributed by atoms with E-state index in [4.69, 9.17) is 0 Å². The second-order valence-corrected chi connectivity index (χ2v) is 6.82. The molecule has 0 atom stereocenters. The molecule has 128 valence electrons. The number of aromatic amines is 1. The molecule has 24 heavy (non-hydrogen) atoms. The lowest BCUT2D eigenvalue weighted by molar-refractivity contribution is 0.253. The van der Waals surface area contributed by atoms with Crippen molar-refractivity contribution >= 4 is 5.95 Å². The van der Waals surface area contributed by atoms with E-state index in [2.05, 4.69) is 30.0 Å². The minimum Gasteiger partial charge on any atom is -0.338 e. The Labute approximate surface area is 143 Å². The Morgan fingerprint density at radius 1 is 1.00 bits per heavy atom. The summed E-state index contributed by atoms with van der Waals surface area (Å²) in [5, 5.41) is 7.82. The van der Waals surface area contributed by atoms with Gasteiger partial charge in [0.25, 0.3) is 0 Å². The van der Waals surface area contributed by atoms with Gasteiger partial charge in [0, 0.05) is 44.3 Å². The van der Waals surface area contributed by atoms with Crippen LogP contribution < -0.4 is 4.90 Å². The number of piperazine rings is 1. The minimum absolute atomic E-state index is 0.861. The number of aromatic nitrogens is 4. The molecule has 0 radical (unpaired) electrons. The number of aryl methyl sites for hydroxylation is 2. The van der Waals surface area contributed by atoms with Gasteiger partial charge in [-0.2, -0.15) is 5.10 Å². The average Bonchev–Trinajstić information content (AvgIpc) is 3.06. The molecule has 1 aliphatic carbocycles. The summed E-state index contributed by atoms with van der Waals surface area (Å²) in [6.45, 7) is 5.38. The molecule has 0 saturated carbocycles. The first-order valence-corrected chi connectivity index (χ1v) is 9.19. The average molecular weight is 326 g/mol. The Balaban J connectivity index is 1.23. The van der Waals surface area contributed by atoms with Gasteiger partial charge in [-0.05, 0) is 56.7 Å². The summed E-state index contributed by atoms with van der Waals surface area (Å²) >= 11 is 0. The second kappa shape index (κ2) is 7.30. The maximum atomic E-state index is 4.56. The van der Waals surface area contributed by atoms with Gasteiger partial charge < -0.3 is 4.90 Å². The molecular weight excluding hydrogens is 300 g/mol. The zero-order chi connectivity index (χ0) is 16.2. The number of hydrogen-bond donors (Lipinski definition) is 1. The van der Waals surface area contributed by atoms with E-state index in [1.54, 1.807) is 0 Å². The Morgan fingerprint density at radius 3 is 2.62 bits per heavy atom. The molecule has 1 aliphatic heterocycles. The van der Waals surface area contributed by atoms with Crippen molar-refractivity contribution in [3.63, 3.8) is 0 Å². The van der Waals surface area contributed by atoms with Gasteiger partial charge in [0.2, 0.25) is 5.95 Å². The van der Waals surface area contributed by atoms with Crippen LogP contribution in [0.4, 0.5) is 5.95 Å². The van der Waals surface area contributed by atoms with Crippen LogP contribution in [0.2, 0.25) is 0 Å². The van der Waals surface area contributed by atoms with Crippen LogP contribution in [0, 0.1) is 0 Å². The highest BCUT2D eigenvalue weighted by Gasteiger charge is 2.19. The number of rotatable bonds is 5. The quantitative estimate of drug-likeness (QED) is 0.908. The van der Waals surface area contributed by atoms with Gasteiger partial charge in [-0.15, -0.1) is 0 Å². The van der Waals surface area contributed by atoms with Gasteiger partial charge in [-0.1, -0.05) is 0 Å². The van der Waals surface area contributed by atoms with Crippen LogP contribution >= 0.6 is 0 Å². The first-order valence-electron chi connectivity index (χ1n) is 9.19. The third kappa shape index (κ3) is 3.43. The fourth-order valence-corrected chi connectivity index (χ4v) is 3.85. The smallest absolute Gasteiger partial charge is 0.225 e. The lowest BCUT2D eigenvalue weighted by Gasteiger charge is -2.34. The van der Waals surface area contributed by atoms with E-state index in [1.165, 1.54) is 49.1 Å². The summed E-state index contributed by atoms with van der Waals surface area (Å²) in [6.07, 6.45) is 11.0. The van der Waals surface area contributed by atoms with Crippen molar-refractivity contribution < 1.29 is 0 Å². The number of fused-ring (bicyclic) bond motifs is 1. The van der Waals surface area contributed by atoms with Gasteiger partial charge in [-0.3, -0.25) is 10.00 Å². The fraction of sp³-hybridized carbons (Fsp3) is 0.611. The van der Waals surface area contributed by atoms with Crippen LogP contribution in [0.5, 0.6) is 0 Å². The number of nitrogens with one attached hydrogen (secondary N) is 1. The predicted molar refractivity (Wildman–Crippen MR) is 94.2 cm³/mol. The number of anilines is 1. The van der Waals surface area contributed by atoms with Crippen molar-refractivity contribution in [2.24, 2.45) is 0 Å². The molecule has 0 unspecified atom stereocenters. The summed E-state index contributed by atoms with van der Waals surface area (Å²) in [4.78, 5) is 13.5. The number of nitrogens with zero attached hydrogens (tertiary/aromatic N) is 5. The summed E-state index contributed by atoms with van der Waals surface area (Å²) < 4.78 is 0. The highest BCUT2D eigenvalue weighted by atomic mass is 15.3. The van der Waals surface area contributed by atoms with Crippen LogP contribution in [0.1, 0.15) is 36.2 Å². The largest absolute Gasteiger partial charge is 0.338 e. The SMILES string of the molecule is c1cnc(N2CCN(CCCc3n[nH]c4c3CCCC4)CC2)nc1. The molecule has 0 aromatic carbocycles. The van der Waals surface area contributed by atoms with Crippen LogP contribution in [-0.2, 0) is 19.3 Å². The molecule has 2 aromatic rings. The van der Waals surface area contributed by atoms with E-state index in [0.29, 0.717) is 0 Å². The van der Waals surface area contributed by atoms with Crippen molar-refractivity contribution in [1.29, 1.82) is 0 Å². The molecule has 3 heterocycles. The minimum atomic E-state index is 0.861. The number of H-pyrrole nitrogens is 1. The molecule has 0 amide bonds. The summed E-state index contributed by atoms with van der Waals surface area (Å²) in [6, 6.07) is 1.87. The van der Waals surface area contributed by atoms with Crippen LogP contribution in [0.25, 0.3) is 0 Å².